The second-order valence-corrected chi connectivity index (χ2v) is 3.02. The summed E-state index contributed by atoms with van der Waals surface area (Å²) in [6, 6.07) is 0. The first-order chi connectivity index (χ1) is 7.11. The van der Waals surface area contributed by atoms with Crippen molar-refractivity contribution < 1.29 is 14.3 Å². The van der Waals surface area contributed by atoms with Crippen LogP contribution >= 0.6 is 0 Å². The molecule has 0 aliphatic rings. The summed E-state index contributed by atoms with van der Waals surface area (Å²) in [6.07, 6.45) is 2.29. The highest BCUT2D eigenvalue weighted by Crippen LogP contribution is 2.09. The Morgan fingerprint density at radius 1 is 1.40 bits per heavy atom. The number of anilines is 1. The first-order valence-electron chi connectivity index (χ1n) is 4.45. The summed E-state index contributed by atoms with van der Waals surface area (Å²) in [4.78, 5) is 18.7. The Balaban J connectivity index is 2.60. The van der Waals surface area contributed by atoms with Gasteiger partial charge in [-0.25, -0.2) is 14.8 Å². The van der Waals surface area contributed by atoms with Gasteiger partial charge < -0.3 is 9.47 Å². The maximum atomic E-state index is 10.8. The van der Waals surface area contributed by atoms with Gasteiger partial charge in [-0.1, -0.05) is 0 Å². The van der Waals surface area contributed by atoms with Crippen molar-refractivity contribution in [3.63, 3.8) is 0 Å². The minimum absolute atomic E-state index is 0.0405. The highest BCUT2D eigenvalue weighted by Gasteiger charge is 2.03. The Kier molecular flexibility index (Phi) is 3.84. The maximum absolute atomic E-state index is 10.8. The van der Waals surface area contributed by atoms with Crippen LogP contribution in [0.4, 0.5) is 10.6 Å². The minimum atomic E-state index is -0.582. The fourth-order valence-corrected chi connectivity index (χ4v) is 0.839. The highest BCUT2D eigenvalue weighted by molar-refractivity contribution is 5.82. The predicted molar refractivity (Wildman–Crippen MR) is 53.8 cm³/mol. The Hall–Kier alpha value is -1.85. The van der Waals surface area contributed by atoms with E-state index in [9.17, 15) is 4.79 Å². The van der Waals surface area contributed by atoms with Crippen molar-refractivity contribution in [1.29, 1.82) is 0 Å². The third-order valence-corrected chi connectivity index (χ3v) is 1.40. The van der Waals surface area contributed by atoms with E-state index in [4.69, 9.17) is 4.74 Å². The number of methoxy groups -OCH3 is 1. The molecular weight excluding hydrogens is 198 g/mol. The zero-order chi connectivity index (χ0) is 11.3. The molecule has 0 unspecified atom stereocenters. The molecule has 0 aliphatic carbocycles. The fourth-order valence-electron chi connectivity index (χ4n) is 0.839. The number of hydrogen-bond acceptors (Lipinski definition) is 5. The molecule has 0 bridgehead atoms. The molecule has 15 heavy (non-hydrogen) atoms. The van der Waals surface area contributed by atoms with Crippen LogP contribution in [0.15, 0.2) is 12.4 Å². The van der Waals surface area contributed by atoms with Crippen LogP contribution in [-0.4, -0.2) is 29.3 Å². The van der Waals surface area contributed by atoms with Crippen molar-refractivity contribution in [3.8, 4) is 5.88 Å². The molecule has 1 heterocycles. The number of nitrogens with one attached hydrogen (secondary N) is 1. The summed E-state index contributed by atoms with van der Waals surface area (Å²) < 4.78 is 9.68. The average molecular weight is 211 g/mol. The highest BCUT2D eigenvalue weighted by atomic mass is 16.5. The van der Waals surface area contributed by atoms with Crippen LogP contribution in [0.1, 0.15) is 13.8 Å². The second-order valence-electron chi connectivity index (χ2n) is 3.02. The molecule has 0 spiro atoms. The summed E-state index contributed by atoms with van der Waals surface area (Å²) >= 11 is 0. The van der Waals surface area contributed by atoms with Crippen LogP contribution in [-0.2, 0) is 4.74 Å². The minimum Gasteiger partial charge on any atom is -0.474 e. The van der Waals surface area contributed by atoms with Gasteiger partial charge in [-0.15, -0.1) is 0 Å². The molecule has 0 radical (unpaired) electrons. The first-order valence-corrected chi connectivity index (χ1v) is 4.45. The van der Waals surface area contributed by atoms with Crippen LogP contribution in [0, 0.1) is 0 Å². The number of amides is 1. The third kappa shape index (κ3) is 3.80. The van der Waals surface area contributed by atoms with Crippen LogP contribution in [0.2, 0.25) is 0 Å². The van der Waals surface area contributed by atoms with E-state index in [0.29, 0.717) is 11.7 Å². The Morgan fingerprint density at radius 2 is 2.13 bits per heavy atom. The van der Waals surface area contributed by atoms with Crippen molar-refractivity contribution in [3.05, 3.63) is 12.4 Å². The van der Waals surface area contributed by atoms with Crippen molar-refractivity contribution in [2.45, 2.75) is 20.0 Å². The molecule has 1 rings (SSSR count). The van der Waals surface area contributed by atoms with E-state index in [-0.39, 0.29) is 6.10 Å². The molecule has 1 aromatic heterocycles. The van der Waals surface area contributed by atoms with Crippen LogP contribution in [0.5, 0.6) is 5.88 Å². The van der Waals surface area contributed by atoms with Crippen LogP contribution in [0.3, 0.4) is 0 Å². The lowest BCUT2D eigenvalue weighted by Crippen LogP contribution is -2.13. The third-order valence-electron chi connectivity index (χ3n) is 1.40. The molecule has 0 atom stereocenters. The summed E-state index contributed by atoms with van der Waals surface area (Å²) in [5.41, 5.74) is 0. The molecule has 6 nitrogen and oxygen atoms in total. The van der Waals surface area contributed by atoms with Crippen LogP contribution in [0.25, 0.3) is 0 Å². The summed E-state index contributed by atoms with van der Waals surface area (Å²) in [7, 11) is 1.28. The second kappa shape index (κ2) is 5.14. The standard InChI is InChI=1S/C9H13N3O3/c1-6(2)15-8-5-10-7(4-11-8)12-9(13)14-3/h4-6H,1-3H3,(H,10,12,13). The molecule has 1 N–H and O–H groups in total. The molecule has 0 aromatic carbocycles. The van der Waals surface area contributed by atoms with Crippen molar-refractivity contribution in [2.24, 2.45) is 0 Å². The summed E-state index contributed by atoms with van der Waals surface area (Å²) in [6.45, 7) is 3.78. The van der Waals surface area contributed by atoms with Crippen LogP contribution < -0.4 is 10.1 Å². The van der Waals surface area contributed by atoms with Gasteiger partial charge >= 0.3 is 6.09 Å². The van der Waals surface area contributed by atoms with Gasteiger partial charge in [-0.05, 0) is 13.8 Å². The molecule has 1 amide bonds. The zero-order valence-electron chi connectivity index (χ0n) is 8.85. The fraction of sp³-hybridized carbons (Fsp3) is 0.444. The topological polar surface area (TPSA) is 73.3 Å². The smallest absolute Gasteiger partial charge is 0.412 e. The van der Waals surface area contributed by atoms with Gasteiger partial charge in [0.1, 0.15) is 0 Å². The number of rotatable bonds is 3. The number of carbonyl (C=O) groups is 1. The molecule has 0 aliphatic heterocycles. The molecule has 0 fully saturated rings. The number of hydrogen-bond donors (Lipinski definition) is 1. The van der Waals surface area contributed by atoms with Gasteiger partial charge in [0.25, 0.3) is 0 Å². The Labute approximate surface area is 87.6 Å². The van der Waals surface area contributed by atoms with E-state index in [1.165, 1.54) is 19.5 Å². The van der Waals surface area contributed by atoms with Gasteiger partial charge in [0.15, 0.2) is 5.82 Å². The van der Waals surface area contributed by atoms with E-state index < -0.39 is 6.09 Å². The lowest BCUT2D eigenvalue weighted by Gasteiger charge is -2.08. The Morgan fingerprint density at radius 3 is 2.60 bits per heavy atom. The quantitative estimate of drug-likeness (QED) is 0.818. The number of aromatic nitrogens is 2. The van der Waals surface area contributed by atoms with Crippen molar-refractivity contribution >= 4 is 11.9 Å². The Bertz CT molecular complexity index is 324. The van der Waals surface area contributed by atoms with E-state index in [0.717, 1.165) is 0 Å². The van der Waals surface area contributed by atoms with Gasteiger partial charge in [0.05, 0.1) is 25.6 Å². The first kappa shape index (κ1) is 11.2. The molecule has 6 heteroatoms. The number of carbonyl (C=O) groups excluding carboxylic acids is 1. The van der Waals surface area contributed by atoms with Gasteiger partial charge in [0.2, 0.25) is 5.88 Å². The van der Waals surface area contributed by atoms with Gasteiger partial charge in [-0.3, -0.25) is 5.32 Å². The lowest BCUT2D eigenvalue weighted by molar-refractivity contribution is 0.186. The molecule has 0 saturated carbocycles. The van der Waals surface area contributed by atoms with Gasteiger partial charge in [-0.2, -0.15) is 0 Å². The maximum Gasteiger partial charge on any atom is 0.412 e. The van der Waals surface area contributed by atoms with E-state index in [1.54, 1.807) is 0 Å². The molecular formula is C9H13N3O3. The normalized spacial score (nSPS) is 9.87. The lowest BCUT2D eigenvalue weighted by atomic mass is 10.5. The van der Waals surface area contributed by atoms with E-state index >= 15 is 0 Å². The van der Waals surface area contributed by atoms with E-state index in [2.05, 4.69) is 20.0 Å². The SMILES string of the molecule is COC(=O)Nc1cnc(OC(C)C)cn1. The number of ether oxygens (including phenoxy) is 2. The number of nitrogens with zero attached hydrogens (tertiary/aromatic N) is 2. The average Bonchev–Trinajstić information content (AvgIpc) is 2.20. The summed E-state index contributed by atoms with van der Waals surface area (Å²) in [5.74, 6) is 0.735. The zero-order valence-corrected chi connectivity index (χ0v) is 8.85. The van der Waals surface area contributed by atoms with Crippen molar-refractivity contribution in [1.82, 2.24) is 9.97 Å². The molecule has 0 saturated heterocycles. The van der Waals surface area contributed by atoms with Crippen molar-refractivity contribution in [2.75, 3.05) is 12.4 Å². The van der Waals surface area contributed by atoms with Gasteiger partial charge in [0, 0.05) is 0 Å². The largest absolute Gasteiger partial charge is 0.474 e. The molecule has 82 valence electrons. The monoisotopic (exact) mass is 211 g/mol. The summed E-state index contributed by atoms with van der Waals surface area (Å²) in [5, 5.41) is 2.38. The van der Waals surface area contributed by atoms with E-state index in [1.807, 2.05) is 13.8 Å². The predicted octanol–water partition coefficient (Wildman–Crippen LogP) is 1.44. The molecule has 1 aromatic rings.